The number of hydrogen-bond donors (Lipinski definition) is 1. The van der Waals surface area contributed by atoms with Crippen LogP contribution in [0.25, 0.3) is 0 Å². The molecule has 2 amide bonds. The maximum Gasteiger partial charge on any atom is 0.326 e. The first-order chi connectivity index (χ1) is 9.65. The monoisotopic (exact) mass is 284 g/mol. The lowest BCUT2D eigenvalue weighted by Crippen LogP contribution is -2.57. The molecule has 2 fully saturated rings. The highest BCUT2D eigenvalue weighted by Crippen LogP contribution is 2.21. The Morgan fingerprint density at radius 2 is 2.00 bits per heavy atom. The second-order valence-electron chi connectivity index (χ2n) is 5.51. The van der Waals surface area contributed by atoms with E-state index in [2.05, 4.69) is 0 Å². The predicted molar refractivity (Wildman–Crippen MR) is 73.6 cm³/mol. The summed E-state index contributed by atoms with van der Waals surface area (Å²) in [6, 6.07) is -0.742. The first kappa shape index (κ1) is 15.1. The number of likely N-dealkylation sites (tertiary alicyclic amines) is 1. The third-order valence-electron chi connectivity index (χ3n) is 4.23. The van der Waals surface area contributed by atoms with Crippen LogP contribution in [-0.2, 0) is 9.53 Å². The van der Waals surface area contributed by atoms with E-state index in [0.717, 1.165) is 25.7 Å². The van der Waals surface area contributed by atoms with E-state index in [-0.39, 0.29) is 12.1 Å². The molecular formula is C14H24N2O4. The molecule has 2 aliphatic rings. The fraction of sp³-hybridized carbons (Fsp3) is 0.857. The van der Waals surface area contributed by atoms with Gasteiger partial charge in [0.05, 0.1) is 19.3 Å². The first-order valence-electron chi connectivity index (χ1n) is 7.53. The Kier molecular flexibility index (Phi) is 5.23. The number of rotatable bonds is 2. The Labute approximate surface area is 119 Å². The number of aliphatic carboxylic acids is 1. The zero-order chi connectivity index (χ0) is 14.5. The van der Waals surface area contributed by atoms with Crippen molar-refractivity contribution in [1.29, 1.82) is 0 Å². The lowest BCUT2D eigenvalue weighted by Gasteiger charge is -2.39. The maximum atomic E-state index is 12.7. The normalized spacial score (nSPS) is 28.1. The summed E-state index contributed by atoms with van der Waals surface area (Å²) in [5, 5.41) is 9.37. The zero-order valence-electron chi connectivity index (χ0n) is 12.1. The molecule has 2 aliphatic heterocycles. The molecule has 0 radical (unpaired) electrons. The van der Waals surface area contributed by atoms with Crippen molar-refractivity contribution in [2.45, 2.75) is 51.1 Å². The van der Waals surface area contributed by atoms with Gasteiger partial charge in [0.15, 0.2) is 0 Å². The van der Waals surface area contributed by atoms with Crippen LogP contribution in [0.3, 0.4) is 0 Å². The summed E-state index contributed by atoms with van der Waals surface area (Å²) in [6.45, 7) is 4.21. The van der Waals surface area contributed by atoms with Crippen LogP contribution in [0.5, 0.6) is 0 Å². The van der Waals surface area contributed by atoms with Crippen molar-refractivity contribution in [3.8, 4) is 0 Å². The number of ether oxygens (including phenoxy) is 1. The van der Waals surface area contributed by atoms with E-state index < -0.39 is 12.0 Å². The first-order valence-corrected chi connectivity index (χ1v) is 7.53. The van der Waals surface area contributed by atoms with Crippen LogP contribution < -0.4 is 0 Å². The summed E-state index contributed by atoms with van der Waals surface area (Å²) in [7, 11) is 0. The van der Waals surface area contributed by atoms with E-state index in [1.165, 1.54) is 0 Å². The minimum atomic E-state index is -0.887. The minimum Gasteiger partial charge on any atom is -0.480 e. The third-order valence-corrected chi connectivity index (χ3v) is 4.23. The molecule has 0 aromatic carbocycles. The minimum absolute atomic E-state index is 0.0638. The number of urea groups is 1. The van der Waals surface area contributed by atoms with Gasteiger partial charge in [-0.3, -0.25) is 0 Å². The second kappa shape index (κ2) is 6.92. The van der Waals surface area contributed by atoms with Crippen molar-refractivity contribution in [3.63, 3.8) is 0 Å². The van der Waals surface area contributed by atoms with Crippen LogP contribution in [0.2, 0.25) is 0 Å². The van der Waals surface area contributed by atoms with Crippen molar-refractivity contribution in [1.82, 2.24) is 9.80 Å². The van der Waals surface area contributed by atoms with Gasteiger partial charge in [-0.15, -0.1) is 0 Å². The molecule has 20 heavy (non-hydrogen) atoms. The Hall–Kier alpha value is -1.30. The van der Waals surface area contributed by atoms with E-state index in [4.69, 9.17) is 4.74 Å². The number of amides is 2. The van der Waals surface area contributed by atoms with Crippen molar-refractivity contribution >= 4 is 12.0 Å². The number of hydrogen-bond acceptors (Lipinski definition) is 3. The van der Waals surface area contributed by atoms with Crippen LogP contribution in [0, 0.1) is 0 Å². The van der Waals surface area contributed by atoms with Gasteiger partial charge in [0.2, 0.25) is 0 Å². The van der Waals surface area contributed by atoms with E-state index in [1.54, 1.807) is 9.80 Å². The molecule has 1 N–H and O–H groups in total. The van der Waals surface area contributed by atoms with E-state index in [1.807, 2.05) is 6.92 Å². The molecule has 0 aliphatic carbocycles. The summed E-state index contributed by atoms with van der Waals surface area (Å²) < 4.78 is 5.41. The van der Waals surface area contributed by atoms with Crippen molar-refractivity contribution in [2.24, 2.45) is 0 Å². The molecular weight excluding hydrogens is 260 g/mol. The average molecular weight is 284 g/mol. The number of carbonyl (C=O) groups is 2. The van der Waals surface area contributed by atoms with E-state index in [0.29, 0.717) is 32.7 Å². The molecule has 2 rings (SSSR count). The Balaban J connectivity index is 2.13. The molecule has 0 saturated carbocycles. The summed E-state index contributed by atoms with van der Waals surface area (Å²) in [4.78, 5) is 27.5. The lowest BCUT2D eigenvalue weighted by atomic mass is 10.1. The third kappa shape index (κ3) is 3.23. The van der Waals surface area contributed by atoms with Crippen LogP contribution in [-0.4, -0.2) is 65.3 Å². The summed E-state index contributed by atoms with van der Waals surface area (Å²) >= 11 is 0. The van der Waals surface area contributed by atoms with Crippen LogP contribution in [0.4, 0.5) is 4.79 Å². The SMILES string of the molecule is CCC1COCCN1C(=O)N1CCCCCC1C(=O)O. The molecule has 2 atom stereocenters. The molecule has 2 heterocycles. The number of nitrogens with zero attached hydrogens (tertiary/aromatic N) is 2. The number of carboxylic acids is 1. The van der Waals surface area contributed by atoms with Gasteiger partial charge < -0.3 is 19.6 Å². The fourth-order valence-electron chi connectivity index (χ4n) is 3.00. The van der Waals surface area contributed by atoms with Gasteiger partial charge in [-0.2, -0.15) is 0 Å². The standard InChI is InChI=1S/C14H24N2O4/c1-2-11-10-20-9-8-15(11)14(19)16-7-5-3-4-6-12(16)13(17)18/h11-12H,2-10H2,1H3,(H,17,18). The molecule has 0 bridgehead atoms. The predicted octanol–water partition coefficient (Wildman–Crippen LogP) is 1.55. The highest BCUT2D eigenvalue weighted by Gasteiger charge is 2.36. The van der Waals surface area contributed by atoms with Gasteiger partial charge in [0, 0.05) is 13.1 Å². The molecule has 6 nitrogen and oxygen atoms in total. The maximum absolute atomic E-state index is 12.7. The number of carbonyl (C=O) groups excluding carboxylic acids is 1. The van der Waals surface area contributed by atoms with Crippen LogP contribution in [0.15, 0.2) is 0 Å². The van der Waals surface area contributed by atoms with Gasteiger partial charge in [-0.25, -0.2) is 9.59 Å². The Morgan fingerprint density at radius 1 is 1.20 bits per heavy atom. The number of carboxylic acid groups (broad SMARTS) is 1. The molecule has 114 valence electrons. The topological polar surface area (TPSA) is 70.1 Å². The Morgan fingerprint density at radius 3 is 2.70 bits per heavy atom. The van der Waals surface area contributed by atoms with Crippen molar-refractivity contribution < 1.29 is 19.4 Å². The second-order valence-corrected chi connectivity index (χ2v) is 5.51. The van der Waals surface area contributed by atoms with Crippen molar-refractivity contribution in [2.75, 3.05) is 26.3 Å². The zero-order valence-corrected chi connectivity index (χ0v) is 12.1. The highest BCUT2D eigenvalue weighted by molar-refractivity contribution is 5.83. The quantitative estimate of drug-likeness (QED) is 0.835. The summed E-state index contributed by atoms with van der Waals surface area (Å²) in [5.74, 6) is -0.887. The largest absolute Gasteiger partial charge is 0.480 e. The Bertz CT molecular complexity index is 361. The van der Waals surface area contributed by atoms with Crippen molar-refractivity contribution in [3.05, 3.63) is 0 Å². The van der Waals surface area contributed by atoms with Gasteiger partial charge in [-0.1, -0.05) is 19.8 Å². The van der Waals surface area contributed by atoms with E-state index in [9.17, 15) is 14.7 Å². The molecule has 2 saturated heterocycles. The fourth-order valence-corrected chi connectivity index (χ4v) is 3.00. The van der Waals surface area contributed by atoms with Crippen LogP contribution >= 0.6 is 0 Å². The molecule has 6 heteroatoms. The number of morpholine rings is 1. The molecule has 2 unspecified atom stereocenters. The average Bonchev–Trinajstić information content (AvgIpc) is 2.72. The molecule has 0 aromatic heterocycles. The van der Waals surface area contributed by atoms with Gasteiger partial charge in [0.1, 0.15) is 6.04 Å². The van der Waals surface area contributed by atoms with Gasteiger partial charge >= 0.3 is 12.0 Å². The lowest BCUT2D eigenvalue weighted by molar-refractivity contribution is -0.142. The van der Waals surface area contributed by atoms with Gasteiger partial charge in [0.25, 0.3) is 0 Å². The summed E-state index contributed by atoms with van der Waals surface area (Å²) in [6.07, 6.45) is 4.14. The van der Waals surface area contributed by atoms with Gasteiger partial charge in [-0.05, 0) is 19.3 Å². The molecule has 0 aromatic rings. The summed E-state index contributed by atoms with van der Waals surface area (Å²) in [5.41, 5.74) is 0. The molecule has 0 spiro atoms. The smallest absolute Gasteiger partial charge is 0.326 e. The van der Waals surface area contributed by atoms with E-state index >= 15 is 0 Å². The highest BCUT2D eigenvalue weighted by atomic mass is 16.5. The van der Waals surface area contributed by atoms with Crippen LogP contribution in [0.1, 0.15) is 39.0 Å².